The molecule has 1 aromatic carbocycles. The molecule has 3 aromatic rings. The van der Waals surface area contributed by atoms with Crippen LogP contribution in [0.2, 0.25) is 0 Å². The maximum Gasteiger partial charge on any atom is 0.338 e. The molecule has 4 rings (SSSR count). The minimum Gasteiger partial charge on any atom is -0.462 e. The average molecular weight is 414 g/mol. The van der Waals surface area contributed by atoms with Crippen LogP contribution in [-0.4, -0.2) is 53.0 Å². The van der Waals surface area contributed by atoms with E-state index in [2.05, 4.69) is 10.2 Å². The number of piperidine rings is 1. The Morgan fingerprint density at radius 2 is 1.97 bits per heavy atom. The Bertz CT molecular complexity index is 1120. The Balaban J connectivity index is 1.56. The number of ether oxygens (including phenoxy) is 1. The lowest BCUT2D eigenvalue weighted by Gasteiger charge is -2.31. The number of benzene rings is 1. The Kier molecular flexibility index (Phi) is 5.33. The molecule has 0 aliphatic carbocycles. The summed E-state index contributed by atoms with van der Waals surface area (Å²) in [4.78, 5) is 12.0. The van der Waals surface area contributed by atoms with Crippen LogP contribution in [0.1, 0.15) is 41.9 Å². The molecule has 1 fully saturated rings. The van der Waals surface area contributed by atoms with E-state index in [1.54, 1.807) is 6.92 Å². The second kappa shape index (κ2) is 7.92. The first-order chi connectivity index (χ1) is 14.0. The SMILES string of the molecule is CCOC(=O)c1ccc(S(=O)(=O)N2CCCC(c3nnc4ccccn34)C2)cc1. The Hall–Kier alpha value is -2.78. The van der Waals surface area contributed by atoms with Crippen molar-refractivity contribution in [3.05, 3.63) is 60.0 Å². The van der Waals surface area contributed by atoms with Crippen LogP contribution in [0.3, 0.4) is 0 Å². The fourth-order valence-electron chi connectivity index (χ4n) is 3.64. The molecule has 0 saturated carbocycles. The fourth-order valence-corrected chi connectivity index (χ4v) is 5.16. The minimum absolute atomic E-state index is 0.0327. The number of rotatable bonds is 5. The van der Waals surface area contributed by atoms with Crippen molar-refractivity contribution in [1.29, 1.82) is 0 Å². The van der Waals surface area contributed by atoms with Crippen molar-refractivity contribution in [2.75, 3.05) is 19.7 Å². The van der Waals surface area contributed by atoms with E-state index < -0.39 is 16.0 Å². The predicted octanol–water partition coefficient (Wildman–Crippen LogP) is 2.47. The molecule has 2 aromatic heterocycles. The number of pyridine rings is 1. The summed E-state index contributed by atoms with van der Waals surface area (Å²) >= 11 is 0. The Morgan fingerprint density at radius 3 is 2.72 bits per heavy atom. The summed E-state index contributed by atoms with van der Waals surface area (Å²) in [5.74, 6) is 0.279. The van der Waals surface area contributed by atoms with Crippen molar-refractivity contribution in [1.82, 2.24) is 18.9 Å². The highest BCUT2D eigenvalue weighted by atomic mass is 32.2. The van der Waals surface area contributed by atoms with Gasteiger partial charge in [-0.25, -0.2) is 13.2 Å². The van der Waals surface area contributed by atoms with Crippen LogP contribution >= 0.6 is 0 Å². The van der Waals surface area contributed by atoms with Gasteiger partial charge < -0.3 is 4.74 Å². The molecule has 0 bridgehead atoms. The maximum absolute atomic E-state index is 13.1. The molecule has 3 heterocycles. The third-order valence-electron chi connectivity index (χ3n) is 5.09. The molecule has 0 amide bonds. The largest absolute Gasteiger partial charge is 0.462 e. The van der Waals surface area contributed by atoms with Crippen LogP contribution in [0.4, 0.5) is 0 Å². The van der Waals surface area contributed by atoms with E-state index in [0.717, 1.165) is 24.3 Å². The second-order valence-electron chi connectivity index (χ2n) is 6.93. The molecule has 8 nitrogen and oxygen atoms in total. The van der Waals surface area contributed by atoms with E-state index in [1.807, 2.05) is 28.8 Å². The Labute approximate surface area is 169 Å². The lowest BCUT2D eigenvalue weighted by atomic mass is 9.99. The zero-order valence-electron chi connectivity index (χ0n) is 16.1. The monoisotopic (exact) mass is 414 g/mol. The van der Waals surface area contributed by atoms with Crippen LogP contribution < -0.4 is 0 Å². The van der Waals surface area contributed by atoms with Crippen LogP contribution in [-0.2, 0) is 14.8 Å². The van der Waals surface area contributed by atoms with Crippen LogP contribution in [0.25, 0.3) is 5.65 Å². The zero-order valence-corrected chi connectivity index (χ0v) is 16.9. The lowest BCUT2D eigenvalue weighted by Crippen LogP contribution is -2.39. The first-order valence-corrected chi connectivity index (χ1v) is 11.0. The molecule has 9 heteroatoms. The summed E-state index contributed by atoms with van der Waals surface area (Å²) in [5, 5.41) is 8.48. The number of hydrogen-bond acceptors (Lipinski definition) is 6. The van der Waals surface area contributed by atoms with Crippen LogP contribution in [0, 0.1) is 0 Å². The molecule has 29 heavy (non-hydrogen) atoms. The third kappa shape index (κ3) is 3.75. The number of carbonyl (C=O) groups excluding carboxylic acids is 1. The summed E-state index contributed by atoms with van der Waals surface area (Å²) in [7, 11) is -3.67. The van der Waals surface area contributed by atoms with Gasteiger partial charge in [0.2, 0.25) is 10.0 Å². The Morgan fingerprint density at radius 1 is 1.17 bits per heavy atom. The van der Waals surface area contributed by atoms with Gasteiger partial charge in [0.25, 0.3) is 0 Å². The molecule has 1 unspecified atom stereocenters. The van der Waals surface area contributed by atoms with E-state index in [4.69, 9.17) is 4.74 Å². The standard InChI is InChI=1S/C20H22N4O4S/c1-2-28-20(25)15-8-10-17(11-9-15)29(26,27)23-12-5-6-16(14-23)19-22-21-18-7-3-4-13-24(18)19/h3-4,7-11,13,16H,2,5-6,12,14H2,1H3. The fraction of sp³-hybridized carbons (Fsp3) is 0.350. The predicted molar refractivity (Wildman–Crippen MR) is 106 cm³/mol. The van der Waals surface area contributed by atoms with Crippen molar-refractivity contribution in [3.8, 4) is 0 Å². The summed E-state index contributed by atoms with van der Waals surface area (Å²) in [6.45, 7) is 2.79. The first-order valence-electron chi connectivity index (χ1n) is 9.57. The van der Waals surface area contributed by atoms with Crippen molar-refractivity contribution < 1.29 is 17.9 Å². The van der Waals surface area contributed by atoms with Crippen molar-refractivity contribution in [2.45, 2.75) is 30.6 Å². The summed E-state index contributed by atoms with van der Waals surface area (Å²) in [6, 6.07) is 11.6. The number of carbonyl (C=O) groups is 1. The topological polar surface area (TPSA) is 93.9 Å². The number of aromatic nitrogens is 3. The first kappa shape index (κ1) is 19.5. The molecular formula is C20H22N4O4S. The number of fused-ring (bicyclic) bond motifs is 1. The molecule has 0 N–H and O–H groups in total. The number of nitrogens with zero attached hydrogens (tertiary/aromatic N) is 4. The van der Waals surface area contributed by atoms with E-state index >= 15 is 0 Å². The van der Waals surface area contributed by atoms with Crippen molar-refractivity contribution in [2.24, 2.45) is 0 Å². The van der Waals surface area contributed by atoms with Gasteiger partial charge >= 0.3 is 5.97 Å². The molecule has 0 radical (unpaired) electrons. The van der Waals surface area contributed by atoms with E-state index in [-0.39, 0.29) is 17.4 Å². The number of hydrogen-bond donors (Lipinski definition) is 0. The third-order valence-corrected chi connectivity index (χ3v) is 6.97. The van der Waals surface area contributed by atoms with Gasteiger partial charge in [-0.15, -0.1) is 10.2 Å². The van der Waals surface area contributed by atoms with Gasteiger partial charge in [0, 0.05) is 25.2 Å². The molecule has 1 aliphatic rings. The van der Waals surface area contributed by atoms with E-state index in [9.17, 15) is 13.2 Å². The lowest BCUT2D eigenvalue weighted by molar-refractivity contribution is 0.0526. The van der Waals surface area contributed by atoms with Gasteiger partial charge in [0.05, 0.1) is 17.1 Å². The van der Waals surface area contributed by atoms with Gasteiger partial charge in [0.15, 0.2) is 5.65 Å². The maximum atomic E-state index is 13.1. The highest BCUT2D eigenvalue weighted by Gasteiger charge is 2.33. The van der Waals surface area contributed by atoms with Gasteiger partial charge in [-0.05, 0) is 56.2 Å². The van der Waals surface area contributed by atoms with Gasteiger partial charge in [-0.3, -0.25) is 4.40 Å². The van der Waals surface area contributed by atoms with Crippen LogP contribution in [0.5, 0.6) is 0 Å². The van der Waals surface area contributed by atoms with E-state index in [0.29, 0.717) is 18.7 Å². The molecule has 0 spiro atoms. The van der Waals surface area contributed by atoms with Gasteiger partial charge in [-0.2, -0.15) is 4.31 Å². The van der Waals surface area contributed by atoms with Crippen molar-refractivity contribution >= 4 is 21.6 Å². The highest BCUT2D eigenvalue weighted by Crippen LogP contribution is 2.29. The summed E-state index contributed by atoms with van der Waals surface area (Å²) in [5.41, 5.74) is 1.08. The van der Waals surface area contributed by atoms with Gasteiger partial charge in [-0.1, -0.05) is 6.07 Å². The van der Waals surface area contributed by atoms with Crippen molar-refractivity contribution in [3.63, 3.8) is 0 Å². The molecule has 1 atom stereocenters. The quantitative estimate of drug-likeness (QED) is 0.596. The smallest absolute Gasteiger partial charge is 0.338 e. The average Bonchev–Trinajstić information content (AvgIpc) is 3.18. The minimum atomic E-state index is -3.67. The summed E-state index contributed by atoms with van der Waals surface area (Å²) < 4.78 is 34.6. The second-order valence-corrected chi connectivity index (χ2v) is 8.87. The molecule has 1 aliphatic heterocycles. The molecule has 152 valence electrons. The summed E-state index contributed by atoms with van der Waals surface area (Å²) in [6.07, 6.45) is 3.49. The molecular weight excluding hydrogens is 392 g/mol. The van der Waals surface area contributed by atoms with Gasteiger partial charge in [0.1, 0.15) is 5.82 Å². The number of sulfonamides is 1. The van der Waals surface area contributed by atoms with Crippen LogP contribution in [0.15, 0.2) is 53.6 Å². The molecule has 1 saturated heterocycles. The zero-order chi connectivity index (χ0) is 20.4. The van der Waals surface area contributed by atoms with E-state index in [1.165, 1.54) is 28.6 Å². The normalized spacial score (nSPS) is 18.0. The number of esters is 1. The highest BCUT2D eigenvalue weighted by molar-refractivity contribution is 7.89.